The Balaban J connectivity index is 2.60. The van der Waals surface area contributed by atoms with Crippen molar-refractivity contribution in [2.45, 2.75) is 51.5 Å². The third-order valence-corrected chi connectivity index (χ3v) is 2.89. The van der Waals surface area contributed by atoms with Gasteiger partial charge in [-0.1, -0.05) is 0 Å². The quantitative estimate of drug-likeness (QED) is 0.570. The highest BCUT2D eigenvalue weighted by Crippen LogP contribution is 2.23. The number of methoxy groups -OCH3 is 1. The molecule has 7 heteroatoms. The molecule has 1 saturated heterocycles. The van der Waals surface area contributed by atoms with Crippen molar-refractivity contribution >= 4 is 5.97 Å². The van der Waals surface area contributed by atoms with Crippen molar-refractivity contribution < 1.29 is 34.3 Å². The van der Waals surface area contributed by atoms with E-state index in [1.54, 1.807) is 20.8 Å². The summed E-state index contributed by atoms with van der Waals surface area (Å²) in [6.07, 6.45) is -6.15. The zero-order valence-electron chi connectivity index (χ0n) is 11.6. The maximum Gasteiger partial charge on any atom is 0.311 e. The molecule has 1 fully saturated rings. The van der Waals surface area contributed by atoms with Gasteiger partial charge in [-0.15, -0.1) is 0 Å². The largest absolute Gasteiger partial charge is 0.462 e. The van der Waals surface area contributed by atoms with Crippen molar-refractivity contribution in [1.29, 1.82) is 0 Å². The van der Waals surface area contributed by atoms with Gasteiger partial charge in [0.15, 0.2) is 6.29 Å². The SMILES string of the molecule is CO[C@@H]1O[C@H](COC(=O)C(C)(C)C)[C@H](O)[C@H](O)[C@H]1O. The molecule has 1 heterocycles. The highest BCUT2D eigenvalue weighted by molar-refractivity contribution is 5.75. The second kappa shape index (κ2) is 6.15. The summed E-state index contributed by atoms with van der Waals surface area (Å²) < 4.78 is 15.1. The molecule has 0 bridgehead atoms. The second-order valence-corrected chi connectivity index (χ2v) is 5.60. The summed E-state index contributed by atoms with van der Waals surface area (Å²) in [5.74, 6) is -0.446. The first-order valence-electron chi connectivity index (χ1n) is 6.08. The first kappa shape index (κ1) is 16.3. The maximum atomic E-state index is 11.6. The minimum absolute atomic E-state index is 0.221. The third kappa shape index (κ3) is 3.87. The summed E-state index contributed by atoms with van der Waals surface area (Å²) in [4.78, 5) is 11.6. The lowest BCUT2D eigenvalue weighted by Gasteiger charge is -2.39. The molecule has 0 aliphatic carbocycles. The Morgan fingerprint density at radius 1 is 1.16 bits per heavy atom. The van der Waals surface area contributed by atoms with Crippen LogP contribution in [0.2, 0.25) is 0 Å². The van der Waals surface area contributed by atoms with Crippen LogP contribution in [-0.4, -0.2) is 65.7 Å². The lowest BCUT2D eigenvalue weighted by molar-refractivity contribution is -0.295. The van der Waals surface area contributed by atoms with Crippen LogP contribution in [0.5, 0.6) is 0 Å². The van der Waals surface area contributed by atoms with E-state index in [2.05, 4.69) is 0 Å². The van der Waals surface area contributed by atoms with Gasteiger partial charge in [0.1, 0.15) is 31.0 Å². The molecule has 0 radical (unpaired) electrons. The zero-order valence-corrected chi connectivity index (χ0v) is 11.6. The molecule has 1 rings (SSSR count). The Bertz CT molecular complexity index is 310. The van der Waals surface area contributed by atoms with E-state index < -0.39 is 42.1 Å². The van der Waals surface area contributed by atoms with E-state index in [9.17, 15) is 20.1 Å². The van der Waals surface area contributed by atoms with Crippen molar-refractivity contribution in [3.8, 4) is 0 Å². The standard InChI is InChI=1S/C12H22O7/c1-12(2,3)11(16)18-5-6-7(13)8(14)9(15)10(17-4)19-6/h6-10,13-15H,5H2,1-4H3/t6-,7+,8+,9-,10-/m1/s1. The van der Waals surface area contributed by atoms with Gasteiger partial charge in [0.05, 0.1) is 5.41 Å². The Morgan fingerprint density at radius 2 is 1.74 bits per heavy atom. The van der Waals surface area contributed by atoms with E-state index in [-0.39, 0.29) is 6.61 Å². The minimum Gasteiger partial charge on any atom is -0.462 e. The van der Waals surface area contributed by atoms with Crippen molar-refractivity contribution in [2.24, 2.45) is 5.41 Å². The van der Waals surface area contributed by atoms with Crippen molar-refractivity contribution in [2.75, 3.05) is 13.7 Å². The number of aliphatic hydroxyl groups is 3. The van der Waals surface area contributed by atoms with Crippen LogP contribution in [-0.2, 0) is 19.0 Å². The summed E-state index contributed by atoms with van der Waals surface area (Å²) in [5.41, 5.74) is -0.668. The Labute approximate surface area is 112 Å². The Hall–Kier alpha value is -0.730. The van der Waals surface area contributed by atoms with E-state index in [0.717, 1.165) is 0 Å². The fourth-order valence-electron chi connectivity index (χ4n) is 1.62. The first-order valence-corrected chi connectivity index (χ1v) is 6.08. The smallest absolute Gasteiger partial charge is 0.311 e. The number of hydrogen-bond donors (Lipinski definition) is 3. The van der Waals surface area contributed by atoms with Gasteiger partial charge in [-0.05, 0) is 20.8 Å². The van der Waals surface area contributed by atoms with Crippen LogP contribution in [0, 0.1) is 5.41 Å². The normalized spacial score (nSPS) is 36.1. The fraction of sp³-hybridized carbons (Fsp3) is 0.917. The zero-order chi connectivity index (χ0) is 14.8. The van der Waals surface area contributed by atoms with E-state index in [1.807, 2.05) is 0 Å². The molecule has 0 amide bonds. The molecule has 19 heavy (non-hydrogen) atoms. The van der Waals surface area contributed by atoms with Crippen molar-refractivity contribution in [3.63, 3.8) is 0 Å². The van der Waals surface area contributed by atoms with E-state index in [0.29, 0.717) is 0 Å². The molecular formula is C12H22O7. The molecule has 112 valence electrons. The van der Waals surface area contributed by atoms with E-state index in [4.69, 9.17) is 14.2 Å². The Kier molecular flexibility index (Phi) is 5.28. The van der Waals surface area contributed by atoms with Crippen LogP contribution in [0.25, 0.3) is 0 Å². The van der Waals surface area contributed by atoms with Crippen LogP contribution in [0.15, 0.2) is 0 Å². The molecule has 0 aromatic carbocycles. The lowest BCUT2D eigenvalue weighted by atomic mass is 9.97. The van der Waals surface area contributed by atoms with Gasteiger partial charge in [0.25, 0.3) is 0 Å². The van der Waals surface area contributed by atoms with E-state index >= 15 is 0 Å². The molecule has 3 N–H and O–H groups in total. The predicted molar refractivity (Wildman–Crippen MR) is 64.1 cm³/mol. The molecule has 0 saturated carbocycles. The molecule has 0 spiro atoms. The monoisotopic (exact) mass is 278 g/mol. The highest BCUT2D eigenvalue weighted by atomic mass is 16.7. The predicted octanol–water partition coefficient (Wildman–Crippen LogP) is -0.970. The number of carbonyl (C=O) groups excluding carboxylic acids is 1. The maximum absolute atomic E-state index is 11.6. The van der Waals surface area contributed by atoms with Gasteiger partial charge in [-0.25, -0.2) is 0 Å². The average Bonchev–Trinajstić information content (AvgIpc) is 2.33. The molecule has 1 aliphatic rings. The van der Waals surface area contributed by atoms with Gasteiger partial charge in [-0.3, -0.25) is 4.79 Å². The van der Waals surface area contributed by atoms with Crippen LogP contribution < -0.4 is 0 Å². The summed E-state index contributed by atoms with van der Waals surface area (Å²) in [6, 6.07) is 0. The van der Waals surface area contributed by atoms with Gasteiger partial charge in [0.2, 0.25) is 0 Å². The highest BCUT2D eigenvalue weighted by Gasteiger charge is 2.44. The number of aliphatic hydroxyl groups excluding tert-OH is 3. The lowest BCUT2D eigenvalue weighted by Crippen LogP contribution is -2.59. The van der Waals surface area contributed by atoms with E-state index in [1.165, 1.54) is 7.11 Å². The summed E-state index contributed by atoms with van der Waals surface area (Å²) in [7, 11) is 1.30. The first-order chi connectivity index (χ1) is 8.68. The van der Waals surface area contributed by atoms with Crippen LogP contribution >= 0.6 is 0 Å². The topological polar surface area (TPSA) is 105 Å². The Morgan fingerprint density at radius 3 is 2.21 bits per heavy atom. The van der Waals surface area contributed by atoms with Gasteiger partial charge >= 0.3 is 5.97 Å². The van der Waals surface area contributed by atoms with Gasteiger partial charge in [0, 0.05) is 7.11 Å². The second-order valence-electron chi connectivity index (χ2n) is 5.60. The van der Waals surface area contributed by atoms with Gasteiger partial charge < -0.3 is 29.5 Å². The molecule has 1 aliphatic heterocycles. The summed E-state index contributed by atoms with van der Waals surface area (Å²) in [5, 5.41) is 29.0. The molecule has 0 aromatic heterocycles. The number of ether oxygens (including phenoxy) is 3. The van der Waals surface area contributed by atoms with Crippen LogP contribution in [0.1, 0.15) is 20.8 Å². The molecule has 7 nitrogen and oxygen atoms in total. The number of rotatable bonds is 3. The van der Waals surface area contributed by atoms with Crippen LogP contribution in [0.4, 0.5) is 0 Å². The number of esters is 1. The molecule has 0 unspecified atom stereocenters. The molecule has 0 aromatic rings. The third-order valence-electron chi connectivity index (χ3n) is 2.89. The molecule has 5 atom stereocenters. The summed E-state index contributed by atoms with van der Waals surface area (Å²) >= 11 is 0. The molecular weight excluding hydrogens is 256 g/mol. The minimum atomic E-state index is -1.42. The summed E-state index contributed by atoms with van der Waals surface area (Å²) in [6.45, 7) is 4.87. The van der Waals surface area contributed by atoms with Gasteiger partial charge in [-0.2, -0.15) is 0 Å². The fourth-order valence-corrected chi connectivity index (χ4v) is 1.62. The average molecular weight is 278 g/mol. The van der Waals surface area contributed by atoms with Crippen molar-refractivity contribution in [1.82, 2.24) is 0 Å². The number of hydrogen-bond acceptors (Lipinski definition) is 7. The number of carbonyl (C=O) groups is 1. The van der Waals surface area contributed by atoms with Crippen molar-refractivity contribution in [3.05, 3.63) is 0 Å². The van der Waals surface area contributed by atoms with Crippen LogP contribution in [0.3, 0.4) is 0 Å².